The zero-order valence-electron chi connectivity index (χ0n) is 10.9. The van der Waals surface area contributed by atoms with Gasteiger partial charge in [0.05, 0.1) is 17.7 Å². The fourth-order valence-corrected chi connectivity index (χ4v) is 3.05. The third-order valence-electron chi connectivity index (χ3n) is 3.28. The number of primary amides is 1. The van der Waals surface area contributed by atoms with E-state index < -0.39 is 5.91 Å². The number of thiazole rings is 1. The molecule has 0 bridgehead atoms. The number of nitrogens with two attached hydrogens (primary N) is 1. The third-order valence-corrected chi connectivity index (χ3v) is 4.19. The minimum atomic E-state index is -0.478. The first-order chi connectivity index (χ1) is 9.09. The molecule has 0 atom stereocenters. The van der Waals surface area contributed by atoms with E-state index in [1.165, 1.54) is 11.3 Å². The van der Waals surface area contributed by atoms with Gasteiger partial charge >= 0.3 is 0 Å². The maximum Gasteiger partial charge on any atom is 0.266 e. The van der Waals surface area contributed by atoms with Gasteiger partial charge in [-0.15, -0.1) is 11.3 Å². The van der Waals surface area contributed by atoms with Crippen LogP contribution < -0.4 is 11.1 Å². The Balaban J connectivity index is 2.19. The largest absolute Gasteiger partial charge is 0.368 e. The van der Waals surface area contributed by atoms with Crippen LogP contribution in [-0.2, 0) is 4.79 Å². The highest BCUT2D eigenvalue weighted by Gasteiger charge is 2.29. The number of aromatic nitrogens is 1. The van der Waals surface area contributed by atoms with Crippen LogP contribution in [0, 0.1) is 6.92 Å². The number of piperidine rings is 1. The fraction of sp³-hybridized carbons (Fsp3) is 0.583. The van der Waals surface area contributed by atoms with Gasteiger partial charge in [-0.25, -0.2) is 4.98 Å². The smallest absolute Gasteiger partial charge is 0.266 e. The van der Waals surface area contributed by atoms with Crippen molar-refractivity contribution in [2.75, 3.05) is 19.6 Å². The minimum Gasteiger partial charge on any atom is -0.368 e. The maximum absolute atomic E-state index is 12.5. The lowest BCUT2D eigenvalue weighted by atomic mass is 10.0. The van der Waals surface area contributed by atoms with Crippen molar-refractivity contribution in [3.05, 3.63) is 16.1 Å². The van der Waals surface area contributed by atoms with E-state index >= 15 is 0 Å². The molecule has 104 valence electrons. The Hall–Kier alpha value is -1.47. The molecule has 1 fully saturated rings. The van der Waals surface area contributed by atoms with Gasteiger partial charge in [0.1, 0.15) is 4.88 Å². The van der Waals surface area contributed by atoms with Crippen LogP contribution in [0.25, 0.3) is 0 Å². The predicted octanol–water partition coefficient (Wildman–Crippen LogP) is 0.131. The second-order valence-electron chi connectivity index (χ2n) is 4.65. The zero-order chi connectivity index (χ0) is 13.8. The van der Waals surface area contributed by atoms with Crippen molar-refractivity contribution in [1.82, 2.24) is 15.2 Å². The Morgan fingerprint density at radius 2 is 2.21 bits per heavy atom. The molecular formula is C12H18N4O2S. The SMILES string of the molecule is Cc1ncsc1C(=O)N(CC(N)=O)C1CCNCC1. The van der Waals surface area contributed by atoms with Crippen molar-refractivity contribution in [3.63, 3.8) is 0 Å². The lowest BCUT2D eigenvalue weighted by Gasteiger charge is -2.33. The molecule has 19 heavy (non-hydrogen) atoms. The van der Waals surface area contributed by atoms with Gasteiger partial charge in [0.15, 0.2) is 0 Å². The molecule has 1 aromatic rings. The monoisotopic (exact) mass is 282 g/mol. The number of nitrogens with one attached hydrogen (secondary N) is 1. The number of hydrogen-bond acceptors (Lipinski definition) is 5. The second-order valence-corrected chi connectivity index (χ2v) is 5.50. The number of hydrogen-bond donors (Lipinski definition) is 2. The third kappa shape index (κ3) is 3.30. The van der Waals surface area contributed by atoms with Crippen molar-refractivity contribution in [1.29, 1.82) is 0 Å². The van der Waals surface area contributed by atoms with E-state index in [2.05, 4.69) is 10.3 Å². The molecule has 0 aromatic carbocycles. The van der Waals surface area contributed by atoms with Gasteiger partial charge in [-0.2, -0.15) is 0 Å². The van der Waals surface area contributed by atoms with Crippen molar-refractivity contribution >= 4 is 23.2 Å². The van der Waals surface area contributed by atoms with Crippen molar-refractivity contribution in [2.24, 2.45) is 5.73 Å². The van der Waals surface area contributed by atoms with Crippen LogP contribution in [0.3, 0.4) is 0 Å². The van der Waals surface area contributed by atoms with Crippen LogP contribution in [-0.4, -0.2) is 47.4 Å². The molecule has 0 spiro atoms. The number of aryl methyl sites for hydroxylation is 1. The van der Waals surface area contributed by atoms with Gasteiger partial charge < -0.3 is 16.0 Å². The summed E-state index contributed by atoms with van der Waals surface area (Å²) in [7, 11) is 0. The van der Waals surface area contributed by atoms with Gasteiger partial charge in [-0.3, -0.25) is 9.59 Å². The summed E-state index contributed by atoms with van der Waals surface area (Å²) < 4.78 is 0. The van der Waals surface area contributed by atoms with E-state index in [1.807, 2.05) is 0 Å². The van der Waals surface area contributed by atoms with Crippen molar-refractivity contribution in [3.8, 4) is 0 Å². The normalized spacial score (nSPS) is 16.3. The first-order valence-electron chi connectivity index (χ1n) is 6.29. The summed E-state index contributed by atoms with van der Waals surface area (Å²) in [5.41, 5.74) is 7.62. The van der Waals surface area contributed by atoms with E-state index in [0.717, 1.165) is 25.9 Å². The molecule has 3 N–H and O–H groups in total. The molecule has 2 heterocycles. The van der Waals surface area contributed by atoms with E-state index in [9.17, 15) is 9.59 Å². The first-order valence-corrected chi connectivity index (χ1v) is 7.17. The average Bonchev–Trinajstić information content (AvgIpc) is 2.82. The Labute approximate surface area is 116 Å². The van der Waals surface area contributed by atoms with E-state index in [1.54, 1.807) is 17.3 Å². The van der Waals surface area contributed by atoms with Gasteiger partial charge in [0.2, 0.25) is 5.91 Å². The topological polar surface area (TPSA) is 88.3 Å². The Bertz CT molecular complexity index is 468. The number of amides is 2. The highest BCUT2D eigenvalue weighted by Crippen LogP contribution is 2.20. The van der Waals surface area contributed by atoms with Gasteiger partial charge in [-0.1, -0.05) is 0 Å². The molecular weight excluding hydrogens is 264 g/mol. The molecule has 1 aromatic heterocycles. The number of carbonyl (C=O) groups is 2. The van der Waals surface area contributed by atoms with E-state index in [0.29, 0.717) is 10.6 Å². The summed E-state index contributed by atoms with van der Waals surface area (Å²) in [5, 5.41) is 3.24. The molecule has 0 unspecified atom stereocenters. The summed E-state index contributed by atoms with van der Waals surface area (Å²) in [5.74, 6) is -0.611. The number of nitrogens with zero attached hydrogens (tertiary/aromatic N) is 2. The molecule has 2 rings (SSSR count). The van der Waals surface area contributed by atoms with E-state index in [4.69, 9.17) is 5.73 Å². The van der Waals surface area contributed by atoms with Crippen LogP contribution in [0.2, 0.25) is 0 Å². The molecule has 7 heteroatoms. The molecule has 1 aliphatic rings. The summed E-state index contributed by atoms with van der Waals surface area (Å²) in [4.78, 5) is 30.0. The first kappa shape index (κ1) is 14.0. The van der Waals surface area contributed by atoms with Gasteiger partial charge in [0.25, 0.3) is 5.91 Å². The molecule has 1 saturated heterocycles. The molecule has 0 saturated carbocycles. The Kier molecular flexibility index (Phi) is 4.49. The van der Waals surface area contributed by atoms with Gasteiger partial charge in [-0.05, 0) is 32.9 Å². The summed E-state index contributed by atoms with van der Waals surface area (Å²) in [6.07, 6.45) is 1.69. The molecule has 2 amide bonds. The molecule has 6 nitrogen and oxygen atoms in total. The Morgan fingerprint density at radius 1 is 1.53 bits per heavy atom. The summed E-state index contributed by atoms with van der Waals surface area (Å²) in [6, 6.07) is 0.0720. The lowest BCUT2D eigenvalue weighted by molar-refractivity contribution is -0.119. The van der Waals surface area contributed by atoms with Crippen LogP contribution >= 0.6 is 11.3 Å². The Morgan fingerprint density at radius 3 is 2.74 bits per heavy atom. The van der Waals surface area contributed by atoms with Crippen LogP contribution in [0.5, 0.6) is 0 Å². The minimum absolute atomic E-state index is 0.0269. The summed E-state index contributed by atoms with van der Waals surface area (Å²) >= 11 is 1.31. The van der Waals surface area contributed by atoms with Crippen LogP contribution in [0.1, 0.15) is 28.2 Å². The fourth-order valence-electron chi connectivity index (χ4n) is 2.29. The van der Waals surface area contributed by atoms with Crippen molar-refractivity contribution in [2.45, 2.75) is 25.8 Å². The van der Waals surface area contributed by atoms with Crippen LogP contribution in [0.15, 0.2) is 5.51 Å². The van der Waals surface area contributed by atoms with E-state index in [-0.39, 0.29) is 18.5 Å². The number of rotatable bonds is 4. The second kappa shape index (κ2) is 6.12. The summed E-state index contributed by atoms with van der Waals surface area (Å²) in [6.45, 7) is 3.49. The molecule has 0 aliphatic carbocycles. The quantitative estimate of drug-likeness (QED) is 0.821. The lowest BCUT2D eigenvalue weighted by Crippen LogP contribution is -2.49. The standard InChI is InChI=1S/C12H18N4O2S/c1-8-11(19-7-15-8)12(18)16(6-10(13)17)9-2-4-14-5-3-9/h7,9,14H,2-6H2,1H3,(H2,13,17). The van der Waals surface area contributed by atoms with Crippen molar-refractivity contribution < 1.29 is 9.59 Å². The van der Waals surface area contributed by atoms with Crippen LogP contribution in [0.4, 0.5) is 0 Å². The zero-order valence-corrected chi connectivity index (χ0v) is 11.7. The average molecular weight is 282 g/mol. The molecule has 1 aliphatic heterocycles. The van der Waals surface area contributed by atoms with Gasteiger partial charge in [0, 0.05) is 6.04 Å². The predicted molar refractivity (Wildman–Crippen MR) is 73.0 cm³/mol. The number of carbonyl (C=O) groups excluding carboxylic acids is 2. The highest BCUT2D eigenvalue weighted by atomic mass is 32.1. The highest BCUT2D eigenvalue weighted by molar-refractivity contribution is 7.11. The molecule has 0 radical (unpaired) electrons. The maximum atomic E-state index is 12.5.